The van der Waals surface area contributed by atoms with Gasteiger partial charge < -0.3 is 13.8 Å². The van der Waals surface area contributed by atoms with Crippen LogP contribution in [0, 0.1) is 0 Å². The van der Waals surface area contributed by atoms with Gasteiger partial charge in [0.25, 0.3) is 5.91 Å². The lowest BCUT2D eigenvalue weighted by Crippen LogP contribution is -2.21. The molecular formula is C8H16FO5P. The summed E-state index contributed by atoms with van der Waals surface area (Å²) in [5, 5.41) is 0. The van der Waals surface area contributed by atoms with E-state index in [0.29, 0.717) is 0 Å². The summed E-state index contributed by atoms with van der Waals surface area (Å²) in [5.41, 5.74) is 0. The standard InChI is InChI=1S/C8H16FO5P/c1-4-12-8(10)7(9)15(11,13-5-2)14-6-3/h7H,4-6H2,1-3H3/t7-/m0/s1. The summed E-state index contributed by atoms with van der Waals surface area (Å²) >= 11 is 0. The summed E-state index contributed by atoms with van der Waals surface area (Å²) in [6, 6.07) is 0. The summed E-state index contributed by atoms with van der Waals surface area (Å²) in [6.45, 7) is 4.59. The molecule has 0 saturated heterocycles. The van der Waals surface area contributed by atoms with Crippen LogP contribution in [-0.2, 0) is 23.1 Å². The van der Waals surface area contributed by atoms with Crippen LogP contribution < -0.4 is 0 Å². The van der Waals surface area contributed by atoms with Crippen LogP contribution in [0.15, 0.2) is 0 Å². The lowest BCUT2D eigenvalue weighted by Gasteiger charge is -2.19. The van der Waals surface area contributed by atoms with Gasteiger partial charge >= 0.3 is 13.6 Å². The van der Waals surface area contributed by atoms with Crippen LogP contribution in [0.25, 0.3) is 0 Å². The molecule has 0 aliphatic carbocycles. The van der Waals surface area contributed by atoms with Gasteiger partial charge in [-0.1, -0.05) is 0 Å². The van der Waals surface area contributed by atoms with Gasteiger partial charge in [-0.25, -0.2) is 9.18 Å². The van der Waals surface area contributed by atoms with Gasteiger partial charge in [0.1, 0.15) is 0 Å². The van der Waals surface area contributed by atoms with Crippen molar-refractivity contribution in [1.82, 2.24) is 0 Å². The molecule has 0 aromatic carbocycles. The topological polar surface area (TPSA) is 61.8 Å². The maximum absolute atomic E-state index is 13.4. The van der Waals surface area contributed by atoms with E-state index in [1.807, 2.05) is 0 Å². The highest BCUT2D eigenvalue weighted by Crippen LogP contribution is 2.53. The molecule has 90 valence electrons. The van der Waals surface area contributed by atoms with Gasteiger partial charge in [-0.2, -0.15) is 0 Å². The number of esters is 1. The molecule has 15 heavy (non-hydrogen) atoms. The van der Waals surface area contributed by atoms with E-state index in [-0.39, 0.29) is 19.8 Å². The fourth-order valence-electron chi connectivity index (χ4n) is 0.868. The third kappa shape index (κ3) is 4.28. The predicted molar refractivity (Wildman–Crippen MR) is 52.4 cm³/mol. The van der Waals surface area contributed by atoms with Crippen LogP contribution in [-0.4, -0.2) is 31.7 Å². The van der Waals surface area contributed by atoms with Crippen molar-refractivity contribution < 1.29 is 27.5 Å². The number of hydrogen-bond donors (Lipinski definition) is 0. The van der Waals surface area contributed by atoms with Crippen LogP contribution >= 0.6 is 7.60 Å². The first-order valence-corrected chi connectivity index (χ1v) is 6.32. The normalized spacial score (nSPS) is 13.6. The second kappa shape index (κ2) is 6.93. The van der Waals surface area contributed by atoms with Crippen molar-refractivity contribution in [2.45, 2.75) is 26.7 Å². The summed E-state index contributed by atoms with van der Waals surface area (Å²) < 4.78 is 38.8. The van der Waals surface area contributed by atoms with Gasteiger partial charge in [-0.3, -0.25) is 4.57 Å². The van der Waals surface area contributed by atoms with Gasteiger partial charge in [0.05, 0.1) is 19.8 Å². The van der Waals surface area contributed by atoms with E-state index in [4.69, 9.17) is 0 Å². The van der Waals surface area contributed by atoms with Crippen molar-refractivity contribution >= 4 is 13.6 Å². The minimum Gasteiger partial charge on any atom is -0.463 e. The van der Waals surface area contributed by atoms with Gasteiger partial charge in [-0.15, -0.1) is 0 Å². The van der Waals surface area contributed by atoms with Gasteiger partial charge in [0.2, 0.25) is 0 Å². The van der Waals surface area contributed by atoms with Crippen molar-refractivity contribution in [2.75, 3.05) is 19.8 Å². The number of carbonyl (C=O) groups is 1. The molecule has 0 aliphatic rings. The maximum Gasteiger partial charge on any atom is 0.376 e. The highest BCUT2D eigenvalue weighted by atomic mass is 31.2. The Morgan fingerprint density at radius 1 is 1.20 bits per heavy atom. The Hall–Kier alpha value is -0.450. The average molecular weight is 242 g/mol. The van der Waals surface area contributed by atoms with Crippen LogP contribution in [0.2, 0.25) is 0 Å². The lowest BCUT2D eigenvalue weighted by atomic mass is 10.7. The SMILES string of the molecule is CCOC(=O)[C@@H](F)P(=O)(OCC)OCC. The second-order valence-electron chi connectivity index (χ2n) is 2.46. The fourth-order valence-corrected chi connectivity index (χ4v) is 2.26. The molecular weight excluding hydrogens is 226 g/mol. The van der Waals surface area contributed by atoms with Crippen molar-refractivity contribution in [2.24, 2.45) is 0 Å². The molecule has 0 aliphatic heterocycles. The zero-order valence-electron chi connectivity index (χ0n) is 9.07. The lowest BCUT2D eigenvalue weighted by molar-refractivity contribution is -0.146. The molecule has 0 N–H and O–H groups in total. The van der Waals surface area contributed by atoms with Gasteiger partial charge in [0.15, 0.2) is 0 Å². The molecule has 0 rings (SSSR count). The van der Waals surface area contributed by atoms with Crippen LogP contribution in [0.5, 0.6) is 0 Å². The summed E-state index contributed by atoms with van der Waals surface area (Å²) in [5.74, 6) is -3.60. The van der Waals surface area contributed by atoms with E-state index in [9.17, 15) is 13.8 Å². The Balaban J connectivity index is 4.60. The summed E-state index contributed by atoms with van der Waals surface area (Å²) in [4.78, 5) is 11.0. The minimum atomic E-state index is -4.04. The largest absolute Gasteiger partial charge is 0.463 e. The molecule has 0 aromatic heterocycles. The first kappa shape index (κ1) is 14.6. The molecule has 0 amide bonds. The third-order valence-electron chi connectivity index (χ3n) is 1.38. The van der Waals surface area contributed by atoms with E-state index >= 15 is 0 Å². The highest BCUT2D eigenvalue weighted by molar-refractivity contribution is 7.55. The number of halogens is 1. The van der Waals surface area contributed by atoms with Crippen molar-refractivity contribution in [3.05, 3.63) is 0 Å². The number of rotatable bonds is 7. The van der Waals surface area contributed by atoms with Crippen molar-refractivity contribution in [1.29, 1.82) is 0 Å². The van der Waals surface area contributed by atoms with Crippen LogP contribution in [0.4, 0.5) is 4.39 Å². The number of alkyl halides is 1. The minimum absolute atomic E-state index is 0.00287. The molecule has 0 saturated carbocycles. The third-order valence-corrected chi connectivity index (χ3v) is 3.38. The molecule has 5 nitrogen and oxygen atoms in total. The Morgan fingerprint density at radius 2 is 1.67 bits per heavy atom. The van der Waals surface area contributed by atoms with Crippen molar-refractivity contribution in [3.63, 3.8) is 0 Å². The molecule has 7 heteroatoms. The Morgan fingerprint density at radius 3 is 2.00 bits per heavy atom. The molecule has 1 atom stereocenters. The fraction of sp³-hybridized carbons (Fsp3) is 0.875. The number of ether oxygens (including phenoxy) is 1. The summed E-state index contributed by atoms with van der Waals surface area (Å²) in [6.07, 6.45) is 0. The average Bonchev–Trinajstić information content (AvgIpc) is 2.17. The Labute approximate surface area is 88.4 Å². The maximum atomic E-state index is 13.4. The van der Waals surface area contributed by atoms with Crippen LogP contribution in [0.1, 0.15) is 20.8 Å². The molecule has 0 radical (unpaired) electrons. The molecule has 0 spiro atoms. The summed E-state index contributed by atoms with van der Waals surface area (Å²) in [7, 11) is -4.04. The predicted octanol–water partition coefficient (Wildman–Crippen LogP) is 2.11. The number of hydrogen-bond acceptors (Lipinski definition) is 5. The Kier molecular flexibility index (Phi) is 6.72. The zero-order chi connectivity index (χ0) is 11.9. The van der Waals surface area contributed by atoms with E-state index in [2.05, 4.69) is 13.8 Å². The van der Waals surface area contributed by atoms with E-state index in [0.717, 1.165) is 0 Å². The second-order valence-corrected chi connectivity index (χ2v) is 4.51. The zero-order valence-corrected chi connectivity index (χ0v) is 9.96. The monoisotopic (exact) mass is 242 g/mol. The first-order chi connectivity index (χ1) is 7.01. The quantitative estimate of drug-likeness (QED) is 0.505. The molecule has 0 heterocycles. The first-order valence-electron chi connectivity index (χ1n) is 4.71. The molecule has 0 fully saturated rings. The van der Waals surface area contributed by atoms with E-state index in [1.54, 1.807) is 0 Å². The molecule has 0 bridgehead atoms. The van der Waals surface area contributed by atoms with Gasteiger partial charge in [0, 0.05) is 0 Å². The van der Waals surface area contributed by atoms with E-state index < -0.39 is 19.5 Å². The smallest absolute Gasteiger partial charge is 0.376 e. The van der Waals surface area contributed by atoms with Crippen molar-refractivity contribution in [3.8, 4) is 0 Å². The molecule has 0 aromatic rings. The Bertz CT molecular complexity index is 235. The van der Waals surface area contributed by atoms with Crippen LogP contribution in [0.3, 0.4) is 0 Å². The van der Waals surface area contributed by atoms with Gasteiger partial charge in [-0.05, 0) is 20.8 Å². The number of carbonyl (C=O) groups excluding carboxylic acids is 1. The highest BCUT2D eigenvalue weighted by Gasteiger charge is 2.42. The van der Waals surface area contributed by atoms with E-state index in [1.165, 1.54) is 20.8 Å². The molecule has 0 unspecified atom stereocenters.